The Balaban J connectivity index is 1.93. The van der Waals surface area contributed by atoms with Crippen LogP contribution in [0.5, 0.6) is 0 Å². The number of nitrogens with one attached hydrogen (secondary N) is 1. The number of thiophene rings is 1. The topological polar surface area (TPSA) is 69.2 Å². The molecule has 0 aliphatic heterocycles. The van der Waals surface area contributed by atoms with Crippen LogP contribution in [-0.4, -0.2) is 11.9 Å². The second-order valence-corrected chi connectivity index (χ2v) is 6.63. The Hall–Kier alpha value is -2.14. The molecule has 0 unspecified atom stereocenters. The van der Waals surface area contributed by atoms with E-state index in [4.69, 9.17) is 0 Å². The van der Waals surface area contributed by atoms with E-state index in [2.05, 4.69) is 5.32 Å². The minimum atomic E-state index is -1.21. The van der Waals surface area contributed by atoms with Crippen LogP contribution in [0.15, 0.2) is 24.3 Å². The number of fused-ring (bicyclic) bond motifs is 1. The van der Waals surface area contributed by atoms with E-state index < -0.39 is 5.97 Å². The van der Waals surface area contributed by atoms with E-state index in [1.807, 2.05) is 19.1 Å². The van der Waals surface area contributed by atoms with Gasteiger partial charge in [-0.2, -0.15) is 0 Å². The standard InChI is InChI=1S/C17H17NO3S/c1-10-5-4-6-11(9-10)15(19)18-16-14(17(20)21)12-7-2-3-8-13(12)22-16/h4-6,9H,2-3,7-8H2,1H3,(H,18,19)(H,20,21)/p-1. The van der Waals surface area contributed by atoms with Gasteiger partial charge in [-0.3, -0.25) is 4.79 Å². The molecule has 1 aliphatic rings. The number of hydrogen-bond acceptors (Lipinski definition) is 4. The van der Waals surface area contributed by atoms with Crippen LogP contribution >= 0.6 is 11.3 Å². The average molecular weight is 314 g/mol. The molecule has 0 saturated carbocycles. The van der Waals surface area contributed by atoms with Crippen LogP contribution in [0.4, 0.5) is 5.00 Å². The van der Waals surface area contributed by atoms with Crippen molar-refractivity contribution in [1.82, 2.24) is 0 Å². The number of anilines is 1. The second kappa shape index (κ2) is 5.93. The summed E-state index contributed by atoms with van der Waals surface area (Å²) in [5.41, 5.74) is 2.52. The molecule has 3 rings (SSSR count). The molecule has 1 aliphatic carbocycles. The molecule has 0 radical (unpaired) electrons. The molecule has 0 saturated heterocycles. The maximum Gasteiger partial charge on any atom is 0.256 e. The minimum absolute atomic E-state index is 0.167. The summed E-state index contributed by atoms with van der Waals surface area (Å²) in [4.78, 5) is 24.9. The van der Waals surface area contributed by atoms with Gasteiger partial charge < -0.3 is 15.2 Å². The van der Waals surface area contributed by atoms with Gasteiger partial charge in [0.2, 0.25) is 0 Å². The Morgan fingerprint density at radius 1 is 1.23 bits per heavy atom. The predicted octanol–water partition coefficient (Wildman–Crippen LogP) is 2.55. The van der Waals surface area contributed by atoms with Crippen LogP contribution in [0.3, 0.4) is 0 Å². The zero-order valence-corrected chi connectivity index (χ0v) is 13.1. The molecular weight excluding hydrogens is 298 g/mol. The summed E-state index contributed by atoms with van der Waals surface area (Å²) in [5.74, 6) is -1.50. The fourth-order valence-corrected chi connectivity index (χ4v) is 4.10. The summed E-state index contributed by atoms with van der Waals surface area (Å²) in [6.07, 6.45) is 3.66. The number of amides is 1. The van der Waals surface area contributed by atoms with Gasteiger partial charge >= 0.3 is 0 Å². The SMILES string of the molecule is Cc1cccc(C(=O)Nc2sc3c(c2C(=O)[O-])CCCC3)c1. The Kier molecular flexibility index (Phi) is 3.98. The first-order chi connectivity index (χ1) is 10.6. The highest BCUT2D eigenvalue weighted by atomic mass is 32.1. The highest BCUT2D eigenvalue weighted by Crippen LogP contribution is 2.38. The third-order valence-corrected chi connectivity index (χ3v) is 5.09. The van der Waals surface area contributed by atoms with Crippen molar-refractivity contribution >= 4 is 28.2 Å². The summed E-state index contributed by atoms with van der Waals surface area (Å²) in [7, 11) is 0. The summed E-state index contributed by atoms with van der Waals surface area (Å²) < 4.78 is 0. The van der Waals surface area contributed by atoms with Crippen molar-refractivity contribution < 1.29 is 14.7 Å². The molecule has 5 heteroatoms. The highest BCUT2D eigenvalue weighted by molar-refractivity contribution is 7.17. The zero-order chi connectivity index (χ0) is 15.7. The molecule has 0 atom stereocenters. The number of aromatic carboxylic acids is 1. The van der Waals surface area contributed by atoms with Crippen molar-refractivity contribution in [3.63, 3.8) is 0 Å². The zero-order valence-electron chi connectivity index (χ0n) is 12.3. The van der Waals surface area contributed by atoms with E-state index in [-0.39, 0.29) is 11.5 Å². The lowest BCUT2D eigenvalue weighted by Crippen LogP contribution is -2.25. The van der Waals surface area contributed by atoms with Crippen LogP contribution < -0.4 is 10.4 Å². The summed E-state index contributed by atoms with van der Waals surface area (Å²) in [5, 5.41) is 14.6. The van der Waals surface area contributed by atoms with E-state index in [0.717, 1.165) is 41.7 Å². The molecule has 1 N–H and O–H groups in total. The molecule has 0 spiro atoms. The number of carbonyl (C=O) groups excluding carboxylic acids is 2. The highest BCUT2D eigenvalue weighted by Gasteiger charge is 2.22. The molecule has 4 nitrogen and oxygen atoms in total. The Labute approximate surface area is 132 Å². The number of benzene rings is 1. The number of carbonyl (C=O) groups is 2. The van der Waals surface area contributed by atoms with E-state index in [0.29, 0.717) is 10.6 Å². The molecule has 22 heavy (non-hydrogen) atoms. The molecule has 0 bridgehead atoms. The van der Waals surface area contributed by atoms with Crippen LogP contribution in [-0.2, 0) is 12.8 Å². The van der Waals surface area contributed by atoms with Crippen LogP contribution in [0.2, 0.25) is 0 Å². The summed E-state index contributed by atoms with van der Waals surface area (Å²) in [6, 6.07) is 7.21. The third-order valence-electron chi connectivity index (χ3n) is 3.88. The molecule has 1 heterocycles. The Bertz CT molecular complexity index is 748. The minimum Gasteiger partial charge on any atom is -0.545 e. The fourth-order valence-electron chi connectivity index (χ4n) is 2.83. The quantitative estimate of drug-likeness (QED) is 0.946. The third kappa shape index (κ3) is 2.76. The van der Waals surface area contributed by atoms with Gasteiger partial charge in [-0.1, -0.05) is 17.7 Å². The fraction of sp³-hybridized carbons (Fsp3) is 0.294. The van der Waals surface area contributed by atoms with Gasteiger partial charge in [0.05, 0.1) is 5.97 Å². The largest absolute Gasteiger partial charge is 0.545 e. The smallest absolute Gasteiger partial charge is 0.256 e. The number of carboxylic acid groups (broad SMARTS) is 1. The molecule has 1 aromatic carbocycles. The van der Waals surface area contributed by atoms with Crippen molar-refractivity contribution in [2.24, 2.45) is 0 Å². The molecule has 1 aromatic heterocycles. The second-order valence-electron chi connectivity index (χ2n) is 5.53. The molecule has 1 amide bonds. The van der Waals surface area contributed by atoms with Gasteiger partial charge in [-0.15, -0.1) is 11.3 Å². The molecule has 2 aromatic rings. The molecule has 114 valence electrons. The van der Waals surface area contributed by atoms with Crippen molar-refractivity contribution in [2.75, 3.05) is 5.32 Å². The van der Waals surface area contributed by atoms with E-state index in [1.165, 1.54) is 11.3 Å². The predicted molar refractivity (Wildman–Crippen MR) is 84.4 cm³/mol. The van der Waals surface area contributed by atoms with Gasteiger partial charge in [0, 0.05) is 16.0 Å². The molecular formula is C17H16NO3S-. The first-order valence-corrected chi connectivity index (χ1v) is 8.12. The van der Waals surface area contributed by atoms with Gasteiger partial charge in [-0.05, 0) is 50.3 Å². The van der Waals surface area contributed by atoms with Crippen LogP contribution in [0.1, 0.15) is 49.6 Å². The summed E-state index contributed by atoms with van der Waals surface area (Å²) in [6.45, 7) is 1.91. The molecule has 0 fully saturated rings. The van der Waals surface area contributed by atoms with Gasteiger partial charge in [0.15, 0.2) is 0 Å². The maximum atomic E-state index is 12.3. The van der Waals surface area contributed by atoms with E-state index in [9.17, 15) is 14.7 Å². The number of carboxylic acids is 1. The normalized spacial score (nSPS) is 13.5. The first kappa shape index (κ1) is 14.8. The lowest BCUT2D eigenvalue weighted by Gasteiger charge is -2.13. The van der Waals surface area contributed by atoms with Gasteiger partial charge in [0.1, 0.15) is 5.00 Å². The maximum absolute atomic E-state index is 12.3. The van der Waals surface area contributed by atoms with Gasteiger partial charge in [0.25, 0.3) is 5.91 Å². The lowest BCUT2D eigenvalue weighted by molar-refractivity contribution is -0.254. The van der Waals surface area contributed by atoms with Crippen molar-refractivity contribution in [2.45, 2.75) is 32.6 Å². The first-order valence-electron chi connectivity index (χ1n) is 7.30. The van der Waals surface area contributed by atoms with Gasteiger partial charge in [-0.25, -0.2) is 0 Å². The lowest BCUT2D eigenvalue weighted by atomic mass is 9.95. The average Bonchev–Trinajstić information content (AvgIpc) is 2.85. The summed E-state index contributed by atoms with van der Waals surface area (Å²) >= 11 is 1.36. The Morgan fingerprint density at radius 3 is 2.73 bits per heavy atom. The number of hydrogen-bond donors (Lipinski definition) is 1. The van der Waals surface area contributed by atoms with Crippen molar-refractivity contribution in [1.29, 1.82) is 0 Å². The number of aryl methyl sites for hydroxylation is 2. The van der Waals surface area contributed by atoms with Crippen molar-refractivity contribution in [3.05, 3.63) is 51.4 Å². The van der Waals surface area contributed by atoms with Crippen LogP contribution in [0.25, 0.3) is 0 Å². The van der Waals surface area contributed by atoms with Crippen molar-refractivity contribution in [3.8, 4) is 0 Å². The monoisotopic (exact) mass is 314 g/mol. The van der Waals surface area contributed by atoms with Crippen LogP contribution in [0, 0.1) is 6.92 Å². The Morgan fingerprint density at radius 2 is 2.00 bits per heavy atom. The van der Waals surface area contributed by atoms with E-state index in [1.54, 1.807) is 12.1 Å². The number of rotatable bonds is 3. The van der Waals surface area contributed by atoms with E-state index >= 15 is 0 Å².